The number of aliphatic imine (C=N–C) groups is 1. The molecule has 1 aliphatic rings. The lowest BCUT2D eigenvalue weighted by Crippen LogP contribution is -2.25. The molecule has 0 unspecified atom stereocenters. The molecule has 0 radical (unpaired) electrons. The molecule has 1 aliphatic carbocycles. The number of rotatable bonds is 11. The smallest absolute Gasteiger partial charge is 0.213 e. The first-order valence-electron chi connectivity index (χ1n) is 11.4. The van der Waals surface area contributed by atoms with Crippen molar-refractivity contribution in [3.63, 3.8) is 0 Å². The third-order valence-electron chi connectivity index (χ3n) is 5.83. The Morgan fingerprint density at radius 3 is 2.63 bits per heavy atom. The first-order valence-corrected chi connectivity index (χ1v) is 11.4. The number of hydrogen-bond acceptors (Lipinski definition) is 5. The fourth-order valence-corrected chi connectivity index (χ4v) is 4.23. The van der Waals surface area contributed by atoms with Gasteiger partial charge in [0.05, 0.1) is 18.0 Å². The predicted octanol–water partition coefficient (Wildman–Crippen LogP) is 5.05. The van der Waals surface area contributed by atoms with E-state index in [1.165, 1.54) is 5.57 Å². The summed E-state index contributed by atoms with van der Waals surface area (Å²) in [4.78, 5) is 9.82. The quantitative estimate of drug-likeness (QED) is 0.498. The largest absolute Gasteiger partial charge is 0.478 e. The molecule has 166 valence electrons. The van der Waals surface area contributed by atoms with Crippen LogP contribution in [0.25, 0.3) is 0 Å². The summed E-state index contributed by atoms with van der Waals surface area (Å²) >= 11 is 0. The Labute approximate surface area is 182 Å². The monoisotopic (exact) mass is 413 g/mol. The van der Waals surface area contributed by atoms with Crippen LogP contribution < -0.4 is 10.1 Å². The van der Waals surface area contributed by atoms with Crippen molar-refractivity contribution in [2.75, 3.05) is 20.3 Å². The van der Waals surface area contributed by atoms with Crippen LogP contribution in [-0.2, 0) is 6.42 Å². The van der Waals surface area contributed by atoms with Gasteiger partial charge >= 0.3 is 0 Å². The van der Waals surface area contributed by atoms with Crippen LogP contribution in [0.1, 0.15) is 71.6 Å². The van der Waals surface area contributed by atoms with Crippen LogP contribution in [0.5, 0.6) is 5.88 Å². The molecule has 1 heterocycles. The highest BCUT2D eigenvalue weighted by Gasteiger charge is 2.26. The van der Waals surface area contributed by atoms with Gasteiger partial charge in [0.25, 0.3) is 0 Å². The standard InChI is InChI=1S/C25H39N3O2/c1-7-11-18(16-29)19-14-17(5)25(23(15-19)26-6)28-22(9-3)20-12-13-24(30-10-4)27-21(20)8-2/h12-14,18-19,26,29H,7-11,15-16H2,1-6H3/t18-,19-/m1/s1. The minimum Gasteiger partial charge on any atom is -0.478 e. The average Bonchev–Trinajstić information content (AvgIpc) is 2.76. The molecule has 2 atom stereocenters. The molecule has 30 heavy (non-hydrogen) atoms. The summed E-state index contributed by atoms with van der Waals surface area (Å²) in [5.74, 6) is 1.32. The molecule has 2 N–H and O–H groups in total. The van der Waals surface area contributed by atoms with Gasteiger partial charge in [-0.15, -0.1) is 0 Å². The van der Waals surface area contributed by atoms with E-state index in [-0.39, 0.29) is 6.61 Å². The topological polar surface area (TPSA) is 66.7 Å². The van der Waals surface area contributed by atoms with E-state index in [2.05, 4.69) is 45.2 Å². The van der Waals surface area contributed by atoms with Gasteiger partial charge in [-0.2, -0.15) is 0 Å². The third kappa shape index (κ3) is 5.72. The summed E-state index contributed by atoms with van der Waals surface area (Å²) in [5, 5.41) is 13.2. The van der Waals surface area contributed by atoms with Crippen LogP contribution in [0.2, 0.25) is 0 Å². The van der Waals surface area contributed by atoms with E-state index in [1.807, 2.05) is 20.0 Å². The fraction of sp³-hybridized carbons (Fsp3) is 0.600. The van der Waals surface area contributed by atoms with Crippen molar-refractivity contribution in [2.24, 2.45) is 16.8 Å². The number of nitrogens with zero attached hydrogens (tertiary/aromatic N) is 2. The maximum atomic E-state index is 9.86. The number of ether oxygens (including phenoxy) is 1. The van der Waals surface area contributed by atoms with Crippen LogP contribution >= 0.6 is 0 Å². The molecular weight excluding hydrogens is 374 g/mol. The van der Waals surface area contributed by atoms with Crippen LogP contribution in [0, 0.1) is 11.8 Å². The SMILES string of the molecule is CCC[C@H](CO)[C@@H]1C=C(C)C(N=C(CC)c2ccc(OCC)nc2CC)=C(NC)C1. The Hall–Kier alpha value is -2.14. The van der Waals surface area contributed by atoms with Gasteiger partial charge in [-0.1, -0.05) is 33.3 Å². The lowest BCUT2D eigenvalue weighted by molar-refractivity contribution is 0.181. The molecule has 0 amide bonds. The first kappa shape index (κ1) is 24.1. The second-order valence-electron chi connectivity index (χ2n) is 7.87. The van der Waals surface area contributed by atoms with Gasteiger partial charge in [-0.25, -0.2) is 4.98 Å². The Morgan fingerprint density at radius 2 is 2.07 bits per heavy atom. The number of allylic oxidation sites excluding steroid dienone is 3. The van der Waals surface area contributed by atoms with Gasteiger partial charge in [0.1, 0.15) is 0 Å². The zero-order valence-electron chi connectivity index (χ0n) is 19.6. The van der Waals surface area contributed by atoms with E-state index < -0.39 is 0 Å². The van der Waals surface area contributed by atoms with Crippen LogP contribution in [0.3, 0.4) is 0 Å². The highest BCUT2D eigenvalue weighted by Crippen LogP contribution is 2.34. The molecule has 0 spiro atoms. The first-order chi connectivity index (χ1) is 14.5. The molecule has 0 saturated heterocycles. The maximum absolute atomic E-state index is 9.86. The summed E-state index contributed by atoms with van der Waals surface area (Å²) in [6.07, 6.45) is 6.98. The molecule has 5 nitrogen and oxygen atoms in total. The van der Waals surface area contributed by atoms with Crippen molar-refractivity contribution in [3.8, 4) is 5.88 Å². The van der Waals surface area contributed by atoms with E-state index in [0.717, 1.165) is 60.5 Å². The van der Waals surface area contributed by atoms with Crippen LogP contribution in [-0.4, -0.2) is 36.1 Å². The molecule has 0 bridgehead atoms. The molecule has 0 fully saturated rings. The average molecular weight is 414 g/mol. The van der Waals surface area contributed by atoms with Crippen LogP contribution in [0.15, 0.2) is 40.2 Å². The molecular formula is C25H39N3O2. The minimum absolute atomic E-state index is 0.232. The number of aliphatic hydroxyl groups is 1. The van der Waals surface area contributed by atoms with Crippen molar-refractivity contribution in [1.82, 2.24) is 10.3 Å². The van der Waals surface area contributed by atoms with Gasteiger partial charge in [0.2, 0.25) is 5.88 Å². The Balaban J connectivity index is 2.43. The Morgan fingerprint density at radius 1 is 1.30 bits per heavy atom. The van der Waals surface area contributed by atoms with E-state index in [0.29, 0.717) is 24.3 Å². The van der Waals surface area contributed by atoms with E-state index in [4.69, 9.17) is 14.7 Å². The molecule has 5 heteroatoms. The number of aryl methyl sites for hydroxylation is 1. The summed E-state index contributed by atoms with van der Waals surface area (Å²) < 4.78 is 5.58. The predicted molar refractivity (Wildman–Crippen MR) is 125 cm³/mol. The van der Waals surface area contributed by atoms with Crippen molar-refractivity contribution in [2.45, 2.75) is 66.7 Å². The van der Waals surface area contributed by atoms with Gasteiger partial charge in [0, 0.05) is 36.7 Å². The summed E-state index contributed by atoms with van der Waals surface area (Å²) in [6.45, 7) is 11.4. The number of nitrogens with one attached hydrogen (secondary N) is 1. The second-order valence-corrected chi connectivity index (χ2v) is 7.87. The van der Waals surface area contributed by atoms with E-state index in [1.54, 1.807) is 0 Å². The Kier molecular flexibility index (Phi) is 9.57. The number of pyridine rings is 1. The lowest BCUT2D eigenvalue weighted by atomic mass is 9.81. The molecule has 1 aromatic rings. The summed E-state index contributed by atoms with van der Waals surface area (Å²) in [7, 11) is 1.97. The van der Waals surface area contributed by atoms with Crippen molar-refractivity contribution >= 4 is 5.71 Å². The molecule has 1 aromatic heterocycles. The highest BCUT2D eigenvalue weighted by atomic mass is 16.5. The van der Waals surface area contributed by atoms with Gasteiger partial charge in [-0.3, -0.25) is 4.99 Å². The van der Waals surface area contributed by atoms with Gasteiger partial charge < -0.3 is 15.2 Å². The zero-order valence-corrected chi connectivity index (χ0v) is 19.6. The van der Waals surface area contributed by atoms with E-state index >= 15 is 0 Å². The number of aliphatic hydroxyl groups excluding tert-OH is 1. The molecule has 2 rings (SSSR count). The molecule has 0 saturated carbocycles. The lowest BCUT2D eigenvalue weighted by Gasteiger charge is -2.29. The number of hydrogen-bond donors (Lipinski definition) is 2. The van der Waals surface area contributed by atoms with Crippen molar-refractivity contribution in [1.29, 1.82) is 0 Å². The fourth-order valence-electron chi connectivity index (χ4n) is 4.23. The van der Waals surface area contributed by atoms with Crippen molar-refractivity contribution in [3.05, 3.63) is 46.4 Å². The summed E-state index contributed by atoms with van der Waals surface area (Å²) in [6, 6.07) is 4.03. The van der Waals surface area contributed by atoms with E-state index in [9.17, 15) is 5.11 Å². The zero-order chi connectivity index (χ0) is 22.1. The van der Waals surface area contributed by atoms with Gasteiger partial charge in [-0.05, 0) is 63.0 Å². The third-order valence-corrected chi connectivity index (χ3v) is 5.83. The minimum atomic E-state index is 0.232. The van der Waals surface area contributed by atoms with Crippen molar-refractivity contribution < 1.29 is 9.84 Å². The summed E-state index contributed by atoms with van der Waals surface area (Å²) in [5.41, 5.74) is 6.51. The van der Waals surface area contributed by atoms with Gasteiger partial charge in [0.15, 0.2) is 0 Å². The maximum Gasteiger partial charge on any atom is 0.213 e. The van der Waals surface area contributed by atoms with Crippen LogP contribution in [0.4, 0.5) is 0 Å². The molecule has 0 aliphatic heterocycles. The molecule has 0 aromatic carbocycles. The normalized spacial score (nSPS) is 18.3. The second kappa shape index (κ2) is 11.9. The highest BCUT2D eigenvalue weighted by molar-refractivity contribution is 6.02. The number of aromatic nitrogens is 1. The Bertz CT molecular complexity index is 796.